The summed E-state index contributed by atoms with van der Waals surface area (Å²) in [6, 6.07) is 21.1. The van der Waals surface area contributed by atoms with Crippen molar-refractivity contribution in [3.8, 4) is 22.5 Å². The zero-order valence-corrected chi connectivity index (χ0v) is 15.5. The van der Waals surface area contributed by atoms with E-state index in [1.807, 2.05) is 71.6 Å². The number of carbonyl (C=O) groups is 1. The molecular formula is C22H19ClN2O2. The van der Waals surface area contributed by atoms with Gasteiger partial charge in [0.15, 0.2) is 0 Å². The molecule has 1 aromatic heterocycles. The Bertz CT molecular complexity index is 936. The van der Waals surface area contributed by atoms with E-state index < -0.39 is 0 Å². The van der Waals surface area contributed by atoms with E-state index in [0.717, 1.165) is 22.5 Å². The molecule has 2 aromatic carbocycles. The molecule has 0 atom stereocenters. The highest BCUT2D eigenvalue weighted by atomic mass is 35.5. The molecule has 0 spiro atoms. The third-order valence-corrected chi connectivity index (χ3v) is 4.83. The number of aromatic nitrogens is 1. The predicted molar refractivity (Wildman–Crippen MR) is 107 cm³/mol. The molecule has 3 aromatic rings. The van der Waals surface area contributed by atoms with Gasteiger partial charge in [-0.2, -0.15) is 0 Å². The number of pyridine rings is 1. The maximum absolute atomic E-state index is 13.0. The highest BCUT2D eigenvalue weighted by Gasteiger charge is 2.20. The summed E-state index contributed by atoms with van der Waals surface area (Å²) in [5, 5.41) is 0.669. The van der Waals surface area contributed by atoms with Crippen LogP contribution < -0.4 is 0 Å². The van der Waals surface area contributed by atoms with Gasteiger partial charge in [-0.15, -0.1) is 0 Å². The SMILES string of the molecule is O=C(c1cc(-c2ccccc2)nc(-c2ccc(Cl)cc2)c1)N1CCOCC1. The molecule has 27 heavy (non-hydrogen) atoms. The van der Waals surface area contributed by atoms with Crippen molar-refractivity contribution in [3.05, 3.63) is 77.3 Å². The Kier molecular flexibility index (Phi) is 5.19. The molecule has 1 amide bonds. The lowest BCUT2D eigenvalue weighted by atomic mass is 10.0. The minimum Gasteiger partial charge on any atom is -0.378 e. The first-order chi connectivity index (χ1) is 13.2. The summed E-state index contributed by atoms with van der Waals surface area (Å²) in [4.78, 5) is 19.7. The van der Waals surface area contributed by atoms with Gasteiger partial charge in [0.05, 0.1) is 24.6 Å². The lowest BCUT2D eigenvalue weighted by Crippen LogP contribution is -2.40. The fourth-order valence-corrected chi connectivity index (χ4v) is 3.25. The van der Waals surface area contributed by atoms with Crippen molar-refractivity contribution >= 4 is 17.5 Å². The van der Waals surface area contributed by atoms with Crippen LogP contribution in [-0.4, -0.2) is 42.1 Å². The number of carbonyl (C=O) groups excluding carboxylic acids is 1. The Balaban J connectivity index is 1.79. The summed E-state index contributed by atoms with van der Waals surface area (Å²) in [6.45, 7) is 2.37. The predicted octanol–water partition coefficient (Wildman–Crippen LogP) is 4.54. The Morgan fingerprint density at radius 1 is 0.889 bits per heavy atom. The molecule has 136 valence electrons. The van der Waals surface area contributed by atoms with Crippen LogP contribution in [0.3, 0.4) is 0 Å². The number of ether oxygens (including phenoxy) is 1. The zero-order chi connectivity index (χ0) is 18.6. The standard InChI is InChI=1S/C22H19ClN2O2/c23-19-8-6-17(7-9-19)21-15-18(22(26)25-10-12-27-13-11-25)14-20(24-21)16-4-2-1-3-5-16/h1-9,14-15H,10-13H2. The fourth-order valence-electron chi connectivity index (χ4n) is 3.13. The van der Waals surface area contributed by atoms with Crippen LogP contribution in [0, 0.1) is 0 Å². The van der Waals surface area contributed by atoms with E-state index in [0.29, 0.717) is 36.9 Å². The van der Waals surface area contributed by atoms with Crippen molar-refractivity contribution in [2.75, 3.05) is 26.3 Å². The molecule has 0 unspecified atom stereocenters. The molecule has 0 aliphatic carbocycles. The molecule has 1 aliphatic heterocycles. The first-order valence-corrected chi connectivity index (χ1v) is 9.29. The van der Waals surface area contributed by atoms with Gasteiger partial charge in [-0.05, 0) is 24.3 Å². The summed E-state index contributed by atoms with van der Waals surface area (Å²) in [5.41, 5.74) is 4.07. The van der Waals surface area contributed by atoms with Crippen LogP contribution >= 0.6 is 11.6 Å². The molecular weight excluding hydrogens is 360 g/mol. The van der Waals surface area contributed by atoms with Gasteiger partial charge in [-0.3, -0.25) is 4.79 Å². The lowest BCUT2D eigenvalue weighted by Gasteiger charge is -2.27. The number of hydrogen-bond acceptors (Lipinski definition) is 3. The molecule has 1 aliphatic rings. The number of nitrogens with zero attached hydrogens (tertiary/aromatic N) is 2. The number of amides is 1. The van der Waals surface area contributed by atoms with Crippen LogP contribution in [0.1, 0.15) is 10.4 Å². The van der Waals surface area contributed by atoms with Gasteiger partial charge in [0.25, 0.3) is 5.91 Å². The topological polar surface area (TPSA) is 42.4 Å². The van der Waals surface area contributed by atoms with E-state index in [2.05, 4.69) is 0 Å². The molecule has 4 nitrogen and oxygen atoms in total. The Morgan fingerprint density at radius 2 is 1.48 bits per heavy atom. The number of rotatable bonds is 3. The minimum atomic E-state index is 0.00750. The van der Waals surface area contributed by atoms with Crippen molar-refractivity contribution in [1.29, 1.82) is 0 Å². The number of halogens is 1. The minimum absolute atomic E-state index is 0.00750. The molecule has 0 N–H and O–H groups in total. The van der Waals surface area contributed by atoms with Gasteiger partial charge in [0.1, 0.15) is 0 Å². The third-order valence-electron chi connectivity index (χ3n) is 4.58. The summed E-state index contributed by atoms with van der Waals surface area (Å²) >= 11 is 6.02. The van der Waals surface area contributed by atoms with E-state index in [4.69, 9.17) is 21.3 Å². The van der Waals surface area contributed by atoms with E-state index in [1.165, 1.54) is 0 Å². The van der Waals surface area contributed by atoms with Crippen LogP contribution in [0.15, 0.2) is 66.7 Å². The second-order valence-corrected chi connectivity index (χ2v) is 6.84. The zero-order valence-electron chi connectivity index (χ0n) is 14.8. The molecule has 0 saturated carbocycles. The van der Waals surface area contributed by atoms with Crippen LogP contribution in [0.4, 0.5) is 0 Å². The largest absolute Gasteiger partial charge is 0.378 e. The third kappa shape index (κ3) is 4.02. The molecule has 5 heteroatoms. The van der Waals surface area contributed by atoms with Crippen molar-refractivity contribution in [3.63, 3.8) is 0 Å². The number of morpholine rings is 1. The van der Waals surface area contributed by atoms with Crippen molar-refractivity contribution in [2.45, 2.75) is 0 Å². The molecule has 0 radical (unpaired) electrons. The number of hydrogen-bond donors (Lipinski definition) is 0. The maximum Gasteiger partial charge on any atom is 0.254 e. The van der Waals surface area contributed by atoms with Gasteiger partial charge >= 0.3 is 0 Å². The van der Waals surface area contributed by atoms with Gasteiger partial charge in [-0.25, -0.2) is 4.98 Å². The summed E-state index contributed by atoms with van der Waals surface area (Å²) in [5.74, 6) is 0.00750. The average Bonchev–Trinajstić information content (AvgIpc) is 2.74. The molecule has 0 bridgehead atoms. The Hall–Kier alpha value is -2.69. The average molecular weight is 379 g/mol. The van der Waals surface area contributed by atoms with Crippen LogP contribution in [0.25, 0.3) is 22.5 Å². The number of benzene rings is 2. The second-order valence-electron chi connectivity index (χ2n) is 6.40. The van der Waals surface area contributed by atoms with Gasteiger partial charge in [0, 0.05) is 34.8 Å². The van der Waals surface area contributed by atoms with Gasteiger partial charge < -0.3 is 9.64 Å². The van der Waals surface area contributed by atoms with E-state index in [-0.39, 0.29) is 5.91 Å². The Morgan fingerprint density at radius 3 is 2.11 bits per heavy atom. The second kappa shape index (κ2) is 7.91. The summed E-state index contributed by atoms with van der Waals surface area (Å²) in [7, 11) is 0. The van der Waals surface area contributed by atoms with Crippen molar-refractivity contribution in [2.24, 2.45) is 0 Å². The van der Waals surface area contributed by atoms with E-state index in [1.54, 1.807) is 0 Å². The normalized spacial score (nSPS) is 14.2. The van der Waals surface area contributed by atoms with Gasteiger partial charge in [0.2, 0.25) is 0 Å². The first kappa shape index (κ1) is 17.7. The summed E-state index contributed by atoms with van der Waals surface area (Å²) in [6.07, 6.45) is 0. The monoisotopic (exact) mass is 378 g/mol. The lowest BCUT2D eigenvalue weighted by molar-refractivity contribution is 0.0303. The smallest absolute Gasteiger partial charge is 0.254 e. The van der Waals surface area contributed by atoms with Crippen LogP contribution in [0.5, 0.6) is 0 Å². The fraction of sp³-hybridized carbons (Fsp3) is 0.182. The summed E-state index contributed by atoms with van der Waals surface area (Å²) < 4.78 is 5.36. The molecule has 1 saturated heterocycles. The highest BCUT2D eigenvalue weighted by Crippen LogP contribution is 2.26. The van der Waals surface area contributed by atoms with Crippen LogP contribution in [0.2, 0.25) is 5.02 Å². The molecule has 2 heterocycles. The van der Waals surface area contributed by atoms with Crippen molar-refractivity contribution in [1.82, 2.24) is 9.88 Å². The Labute approximate surface area is 163 Å². The molecule has 1 fully saturated rings. The first-order valence-electron chi connectivity index (χ1n) is 8.91. The quantitative estimate of drug-likeness (QED) is 0.671. The van der Waals surface area contributed by atoms with Crippen molar-refractivity contribution < 1.29 is 9.53 Å². The molecule has 4 rings (SSSR count). The highest BCUT2D eigenvalue weighted by molar-refractivity contribution is 6.30. The maximum atomic E-state index is 13.0. The van der Waals surface area contributed by atoms with Gasteiger partial charge in [-0.1, -0.05) is 54.1 Å². The van der Waals surface area contributed by atoms with E-state index in [9.17, 15) is 4.79 Å². The van der Waals surface area contributed by atoms with Crippen LogP contribution in [-0.2, 0) is 4.74 Å². The van der Waals surface area contributed by atoms with E-state index >= 15 is 0 Å².